The Morgan fingerprint density at radius 2 is 1.41 bits per heavy atom. The second-order valence-electron chi connectivity index (χ2n) is 6.59. The zero-order valence-corrected chi connectivity index (χ0v) is 16.0. The van der Waals surface area contributed by atoms with E-state index in [0.29, 0.717) is 0 Å². The Morgan fingerprint density at radius 3 is 2.07 bits per heavy atom. The van der Waals surface area contributed by atoms with Crippen LogP contribution in [0.3, 0.4) is 0 Å². The number of aromatic nitrogens is 3. The highest BCUT2D eigenvalue weighted by Crippen LogP contribution is 2.30. The van der Waals surface area contributed by atoms with Gasteiger partial charge in [0.15, 0.2) is 0 Å². The molecule has 0 aliphatic rings. The lowest BCUT2D eigenvalue weighted by atomic mass is 10.0. The highest BCUT2D eigenvalue weighted by molar-refractivity contribution is 7.19. The monoisotopic (exact) mass is 397 g/mol. The Labute approximate surface area is 170 Å². The average molecular weight is 397 g/mol. The first-order valence-electron chi connectivity index (χ1n) is 9.03. The van der Waals surface area contributed by atoms with E-state index >= 15 is 0 Å². The molecule has 0 atom stereocenters. The number of hydrogen-bond acceptors (Lipinski definition) is 4. The number of imidazole rings is 1. The first kappa shape index (κ1) is 17.3. The summed E-state index contributed by atoms with van der Waals surface area (Å²) >= 11 is 1.52. The van der Waals surface area contributed by atoms with Crippen LogP contribution in [0.4, 0.5) is 0 Å². The summed E-state index contributed by atoms with van der Waals surface area (Å²) in [7, 11) is 0. The van der Waals surface area contributed by atoms with Gasteiger partial charge in [0.25, 0.3) is 0 Å². The SMILES string of the molecule is O=C(O)c1ccc(-c2cn3nc(-c4ccc(-c5ccccc5)cc4)sc3n2)cc1. The van der Waals surface area contributed by atoms with Crippen LogP contribution in [0.2, 0.25) is 0 Å². The van der Waals surface area contributed by atoms with Gasteiger partial charge in [-0.1, -0.05) is 78.1 Å². The molecule has 2 heterocycles. The van der Waals surface area contributed by atoms with Crippen LogP contribution in [-0.4, -0.2) is 25.7 Å². The molecule has 140 valence electrons. The largest absolute Gasteiger partial charge is 0.478 e. The standard InChI is InChI=1S/C23H15N3O2S/c27-22(28)19-12-8-17(9-13-19)20-14-26-23(24-20)29-21(25-26)18-10-6-16(7-11-18)15-4-2-1-3-5-15/h1-14H,(H,27,28). The number of carbonyl (C=O) groups is 1. The summed E-state index contributed by atoms with van der Waals surface area (Å²) in [5.74, 6) is -0.938. The van der Waals surface area contributed by atoms with Crippen molar-refractivity contribution in [3.63, 3.8) is 0 Å². The molecule has 0 radical (unpaired) electrons. The molecule has 2 aromatic heterocycles. The lowest BCUT2D eigenvalue weighted by Crippen LogP contribution is -1.94. The summed E-state index contributed by atoms with van der Waals surface area (Å²) in [6.07, 6.45) is 1.86. The summed E-state index contributed by atoms with van der Waals surface area (Å²) in [4.78, 5) is 16.4. The Bertz CT molecular complexity index is 1270. The molecule has 1 N–H and O–H groups in total. The molecule has 0 fully saturated rings. The second kappa shape index (κ2) is 7.00. The van der Waals surface area contributed by atoms with E-state index in [2.05, 4.69) is 46.5 Å². The van der Waals surface area contributed by atoms with Crippen molar-refractivity contribution in [3.05, 3.63) is 90.6 Å². The minimum Gasteiger partial charge on any atom is -0.478 e. The lowest BCUT2D eigenvalue weighted by molar-refractivity contribution is 0.0697. The molecule has 3 aromatic carbocycles. The fraction of sp³-hybridized carbons (Fsp3) is 0. The predicted octanol–water partition coefficient (Wildman–Crippen LogP) is 5.49. The van der Waals surface area contributed by atoms with Crippen LogP contribution in [0.5, 0.6) is 0 Å². The van der Waals surface area contributed by atoms with Crippen molar-refractivity contribution in [2.75, 3.05) is 0 Å². The van der Waals surface area contributed by atoms with Crippen LogP contribution in [0.25, 0.3) is 37.9 Å². The Balaban J connectivity index is 1.42. The van der Waals surface area contributed by atoms with E-state index in [9.17, 15) is 4.79 Å². The van der Waals surface area contributed by atoms with Gasteiger partial charge in [-0.25, -0.2) is 14.3 Å². The zero-order valence-electron chi connectivity index (χ0n) is 15.2. The van der Waals surface area contributed by atoms with Crippen molar-refractivity contribution in [2.45, 2.75) is 0 Å². The van der Waals surface area contributed by atoms with Gasteiger partial charge in [-0.15, -0.1) is 0 Å². The number of carboxylic acids is 1. The molecule has 0 unspecified atom stereocenters. The van der Waals surface area contributed by atoms with Gasteiger partial charge in [0.05, 0.1) is 17.5 Å². The Kier molecular flexibility index (Phi) is 4.18. The third kappa shape index (κ3) is 3.30. The van der Waals surface area contributed by atoms with Gasteiger partial charge in [-0.05, 0) is 23.3 Å². The van der Waals surface area contributed by atoms with Crippen molar-refractivity contribution in [1.29, 1.82) is 0 Å². The minimum atomic E-state index is -0.938. The summed E-state index contributed by atoms with van der Waals surface area (Å²) in [6, 6.07) is 25.3. The molecule has 0 aliphatic carbocycles. The van der Waals surface area contributed by atoms with Gasteiger partial charge in [-0.3, -0.25) is 0 Å². The van der Waals surface area contributed by atoms with Crippen LogP contribution in [0.1, 0.15) is 10.4 Å². The molecule has 0 amide bonds. The minimum absolute atomic E-state index is 0.258. The van der Waals surface area contributed by atoms with E-state index in [0.717, 1.165) is 26.8 Å². The quantitative estimate of drug-likeness (QED) is 0.435. The lowest BCUT2D eigenvalue weighted by Gasteiger charge is -2.02. The second-order valence-corrected chi connectivity index (χ2v) is 7.54. The molecular formula is C23H15N3O2S. The highest BCUT2D eigenvalue weighted by atomic mass is 32.1. The molecule has 0 aliphatic heterocycles. The van der Waals surface area contributed by atoms with E-state index in [1.165, 1.54) is 22.5 Å². The maximum absolute atomic E-state index is 11.0. The van der Waals surface area contributed by atoms with Crippen molar-refractivity contribution in [3.8, 4) is 33.0 Å². The maximum atomic E-state index is 11.0. The zero-order chi connectivity index (χ0) is 19.8. The fourth-order valence-corrected chi connectivity index (χ4v) is 4.06. The van der Waals surface area contributed by atoms with Gasteiger partial charge < -0.3 is 5.11 Å². The molecule has 6 heteroatoms. The molecule has 5 rings (SSSR count). The van der Waals surface area contributed by atoms with Crippen LogP contribution in [-0.2, 0) is 0 Å². The maximum Gasteiger partial charge on any atom is 0.335 e. The van der Waals surface area contributed by atoms with E-state index in [-0.39, 0.29) is 5.56 Å². The fourth-order valence-electron chi connectivity index (χ4n) is 3.18. The number of fused-ring (bicyclic) bond motifs is 1. The normalized spacial score (nSPS) is 11.0. The van der Waals surface area contributed by atoms with Gasteiger partial charge >= 0.3 is 5.97 Å². The van der Waals surface area contributed by atoms with Crippen molar-refractivity contribution < 1.29 is 9.90 Å². The third-order valence-electron chi connectivity index (χ3n) is 4.71. The molecule has 5 nitrogen and oxygen atoms in total. The number of hydrogen-bond donors (Lipinski definition) is 1. The first-order chi connectivity index (χ1) is 14.2. The first-order valence-corrected chi connectivity index (χ1v) is 9.85. The third-order valence-corrected chi connectivity index (χ3v) is 5.68. The van der Waals surface area contributed by atoms with Gasteiger partial charge in [-0.2, -0.15) is 5.10 Å². The van der Waals surface area contributed by atoms with Crippen LogP contribution < -0.4 is 0 Å². The highest BCUT2D eigenvalue weighted by Gasteiger charge is 2.12. The Hall–Kier alpha value is -3.77. The van der Waals surface area contributed by atoms with Crippen LogP contribution in [0, 0.1) is 0 Å². The average Bonchev–Trinajstić information content (AvgIpc) is 3.34. The number of nitrogens with zero attached hydrogens (tertiary/aromatic N) is 3. The van der Waals surface area contributed by atoms with Crippen molar-refractivity contribution >= 4 is 22.3 Å². The van der Waals surface area contributed by atoms with Crippen LogP contribution >= 0.6 is 11.3 Å². The molecule has 5 aromatic rings. The molecular weight excluding hydrogens is 382 g/mol. The molecule has 0 bridgehead atoms. The molecule has 29 heavy (non-hydrogen) atoms. The van der Waals surface area contributed by atoms with Crippen LogP contribution in [0.15, 0.2) is 85.1 Å². The van der Waals surface area contributed by atoms with Gasteiger partial charge in [0.1, 0.15) is 5.01 Å². The molecule has 0 saturated heterocycles. The number of carboxylic acid groups (broad SMARTS) is 1. The number of benzene rings is 3. The number of aromatic carboxylic acids is 1. The summed E-state index contributed by atoms with van der Waals surface area (Å²) < 4.78 is 1.77. The molecule has 0 spiro atoms. The van der Waals surface area contributed by atoms with Crippen molar-refractivity contribution in [1.82, 2.24) is 14.6 Å². The number of rotatable bonds is 4. The predicted molar refractivity (Wildman–Crippen MR) is 114 cm³/mol. The van der Waals surface area contributed by atoms with Gasteiger partial charge in [0, 0.05) is 11.1 Å². The van der Waals surface area contributed by atoms with E-state index in [4.69, 9.17) is 5.11 Å². The summed E-state index contributed by atoms with van der Waals surface area (Å²) in [5.41, 5.74) is 5.30. The summed E-state index contributed by atoms with van der Waals surface area (Å²) in [6.45, 7) is 0. The van der Waals surface area contributed by atoms with E-state index in [1.54, 1.807) is 28.8 Å². The summed E-state index contributed by atoms with van der Waals surface area (Å²) in [5, 5.41) is 14.6. The smallest absolute Gasteiger partial charge is 0.335 e. The Morgan fingerprint density at radius 1 is 0.793 bits per heavy atom. The van der Waals surface area contributed by atoms with Gasteiger partial charge in [0.2, 0.25) is 4.96 Å². The van der Waals surface area contributed by atoms with E-state index < -0.39 is 5.97 Å². The molecule has 0 saturated carbocycles. The van der Waals surface area contributed by atoms with Crippen molar-refractivity contribution in [2.24, 2.45) is 0 Å². The van der Waals surface area contributed by atoms with E-state index in [1.807, 2.05) is 24.4 Å². The topological polar surface area (TPSA) is 67.5 Å².